The highest BCUT2D eigenvalue weighted by molar-refractivity contribution is 6.06. The first kappa shape index (κ1) is 22.2. The molecular formula is C21H22F3N5O2. The molecule has 0 aliphatic heterocycles. The van der Waals surface area contributed by atoms with Crippen LogP contribution in [0.2, 0.25) is 0 Å². The Morgan fingerprint density at radius 2 is 1.87 bits per heavy atom. The standard InChI is InChI=1S/C21H22F3N5O2/c1-28(2)11-12-5-4-6-13(9-12)31-17-8-7-15(21(22,23)24)14-10-16(27-18(14)17)19(30)29(3)20(25)26/h4-10,27H,11H2,1-3H3,(H3,25,26). The average molecular weight is 433 g/mol. The molecule has 0 aliphatic rings. The number of nitrogens with two attached hydrogens (primary N) is 1. The Hall–Kier alpha value is -3.53. The van der Waals surface area contributed by atoms with E-state index in [1.54, 1.807) is 18.2 Å². The van der Waals surface area contributed by atoms with Gasteiger partial charge in [-0.05, 0) is 50.0 Å². The van der Waals surface area contributed by atoms with Crippen LogP contribution in [-0.4, -0.2) is 47.8 Å². The summed E-state index contributed by atoms with van der Waals surface area (Å²) in [6, 6.07) is 10.4. The van der Waals surface area contributed by atoms with E-state index in [1.165, 1.54) is 13.1 Å². The van der Waals surface area contributed by atoms with Crippen LogP contribution in [0.1, 0.15) is 21.6 Å². The van der Waals surface area contributed by atoms with E-state index in [0.717, 1.165) is 22.6 Å². The molecule has 0 fully saturated rings. The second-order valence-electron chi connectivity index (χ2n) is 7.32. The summed E-state index contributed by atoms with van der Waals surface area (Å²) in [6.07, 6.45) is -4.63. The number of fused-ring (bicyclic) bond motifs is 1. The van der Waals surface area contributed by atoms with Crippen molar-refractivity contribution in [2.75, 3.05) is 21.1 Å². The van der Waals surface area contributed by atoms with E-state index in [9.17, 15) is 18.0 Å². The van der Waals surface area contributed by atoms with Crippen LogP contribution in [0.15, 0.2) is 42.5 Å². The molecule has 31 heavy (non-hydrogen) atoms. The van der Waals surface area contributed by atoms with Gasteiger partial charge in [-0.1, -0.05) is 12.1 Å². The van der Waals surface area contributed by atoms with E-state index in [0.29, 0.717) is 12.3 Å². The van der Waals surface area contributed by atoms with Crippen molar-refractivity contribution in [3.05, 3.63) is 59.3 Å². The van der Waals surface area contributed by atoms with Crippen molar-refractivity contribution in [1.82, 2.24) is 14.8 Å². The fourth-order valence-electron chi connectivity index (χ4n) is 3.13. The summed E-state index contributed by atoms with van der Waals surface area (Å²) in [4.78, 5) is 18.0. The van der Waals surface area contributed by atoms with E-state index in [-0.39, 0.29) is 22.3 Å². The molecule has 7 nitrogen and oxygen atoms in total. The van der Waals surface area contributed by atoms with Crippen LogP contribution in [0, 0.1) is 5.41 Å². The molecule has 0 unspecified atom stereocenters. The smallest absolute Gasteiger partial charge is 0.417 e. The minimum absolute atomic E-state index is 0.0214. The summed E-state index contributed by atoms with van der Waals surface area (Å²) in [5.41, 5.74) is 5.26. The van der Waals surface area contributed by atoms with Gasteiger partial charge in [-0.15, -0.1) is 0 Å². The number of carbonyl (C=O) groups is 1. The lowest BCUT2D eigenvalue weighted by atomic mass is 10.1. The number of ether oxygens (including phenoxy) is 1. The number of H-pyrrole nitrogens is 1. The zero-order valence-corrected chi connectivity index (χ0v) is 17.2. The lowest BCUT2D eigenvalue weighted by Gasteiger charge is -2.13. The fourth-order valence-corrected chi connectivity index (χ4v) is 3.13. The number of nitrogens with zero attached hydrogens (tertiary/aromatic N) is 2. The number of alkyl halides is 3. The maximum atomic E-state index is 13.5. The van der Waals surface area contributed by atoms with Crippen molar-refractivity contribution in [3.63, 3.8) is 0 Å². The van der Waals surface area contributed by atoms with Gasteiger partial charge >= 0.3 is 6.18 Å². The molecular weight excluding hydrogens is 411 g/mol. The highest BCUT2D eigenvalue weighted by atomic mass is 19.4. The molecule has 0 saturated carbocycles. The third kappa shape index (κ3) is 4.80. The van der Waals surface area contributed by atoms with E-state index >= 15 is 0 Å². The number of hydrogen-bond acceptors (Lipinski definition) is 4. The predicted molar refractivity (Wildman–Crippen MR) is 111 cm³/mol. The molecule has 0 atom stereocenters. The van der Waals surface area contributed by atoms with Crippen LogP contribution in [0.5, 0.6) is 11.5 Å². The average Bonchev–Trinajstić information content (AvgIpc) is 3.11. The van der Waals surface area contributed by atoms with Gasteiger partial charge in [-0.3, -0.25) is 15.1 Å². The van der Waals surface area contributed by atoms with Gasteiger partial charge in [0.1, 0.15) is 11.4 Å². The molecule has 164 valence electrons. The summed E-state index contributed by atoms with van der Waals surface area (Å²) in [6.45, 7) is 0.665. The number of amides is 1. The van der Waals surface area contributed by atoms with Gasteiger partial charge in [0, 0.05) is 19.0 Å². The summed E-state index contributed by atoms with van der Waals surface area (Å²) in [5, 5.41) is 7.16. The highest BCUT2D eigenvalue weighted by Crippen LogP contribution is 2.40. The molecule has 0 bridgehead atoms. The van der Waals surface area contributed by atoms with Crippen LogP contribution in [0.25, 0.3) is 10.9 Å². The Morgan fingerprint density at radius 3 is 2.48 bits per heavy atom. The van der Waals surface area contributed by atoms with Gasteiger partial charge in [0.25, 0.3) is 5.91 Å². The van der Waals surface area contributed by atoms with Gasteiger partial charge in [0.2, 0.25) is 0 Å². The van der Waals surface area contributed by atoms with Crippen molar-refractivity contribution in [1.29, 1.82) is 5.41 Å². The van der Waals surface area contributed by atoms with Crippen molar-refractivity contribution in [2.45, 2.75) is 12.7 Å². The molecule has 1 heterocycles. The number of aromatic amines is 1. The zero-order valence-electron chi connectivity index (χ0n) is 17.2. The SMILES string of the molecule is CN(C)Cc1cccc(Oc2ccc(C(F)(F)F)c3cc(C(=O)N(C)C(=N)N)[nH]c23)c1. The largest absolute Gasteiger partial charge is 0.455 e. The predicted octanol–water partition coefficient (Wildman–Crippen LogP) is 4.01. The molecule has 10 heteroatoms. The van der Waals surface area contributed by atoms with Gasteiger partial charge in [-0.2, -0.15) is 13.2 Å². The van der Waals surface area contributed by atoms with Crippen LogP contribution in [-0.2, 0) is 12.7 Å². The van der Waals surface area contributed by atoms with Crippen molar-refractivity contribution in [3.8, 4) is 11.5 Å². The number of guanidine groups is 1. The molecule has 0 aliphatic carbocycles. The number of carbonyl (C=O) groups excluding carboxylic acids is 1. The van der Waals surface area contributed by atoms with Gasteiger partial charge in [0.15, 0.2) is 11.7 Å². The molecule has 0 saturated heterocycles. The fraction of sp³-hybridized carbons (Fsp3) is 0.238. The second kappa shape index (κ2) is 8.31. The normalized spacial score (nSPS) is 11.7. The molecule has 1 amide bonds. The van der Waals surface area contributed by atoms with E-state index < -0.39 is 23.6 Å². The third-order valence-electron chi connectivity index (χ3n) is 4.58. The van der Waals surface area contributed by atoms with E-state index in [2.05, 4.69) is 4.98 Å². The maximum absolute atomic E-state index is 13.5. The number of nitrogens with one attached hydrogen (secondary N) is 2. The van der Waals surface area contributed by atoms with E-state index in [1.807, 2.05) is 25.1 Å². The molecule has 2 aromatic carbocycles. The van der Waals surface area contributed by atoms with Gasteiger partial charge in [-0.25, -0.2) is 0 Å². The van der Waals surface area contributed by atoms with Crippen molar-refractivity contribution < 1.29 is 22.7 Å². The Bertz CT molecular complexity index is 1140. The van der Waals surface area contributed by atoms with Gasteiger partial charge in [0.05, 0.1) is 11.1 Å². The summed E-state index contributed by atoms with van der Waals surface area (Å²) in [5.74, 6) is -0.692. The van der Waals surface area contributed by atoms with Crippen LogP contribution in [0.3, 0.4) is 0 Å². The molecule has 3 rings (SSSR count). The Morgan fingerprint density at radius 1 is 1.16 bits per heavy atom. The summed E-state index contributed by atoms with van der Waals surface area (Å²) in [7, 11) is 5.10. The first-order valence-corrected chi connectivity index (χ1v) is 9.24. The third-order valence-corrected chi connectivity index (χ3v) is 4.58. The first-order chi connectivity index (χ1) is 14.5. The van der Waals surface area contributed by atoms with Crippen LogP contribution in [0.4, 0.5) is 13.2 Å². The number of benzene rings is 2. The minimum atomic E-state index is -4.63. The maximum Gasteiger partial charge on any atom is 0.417 e. The topological polar surface area (TPSA) is 98.4 Å². The second-order valence-corrected chi connectivity index (χ2v) is 7.32. The first-order valence-electron chi connectivity index (χ1n) is 9.24. The molecule has 3 aromatic rings. The molecule has 0 spiro atoms. The van der Waals surface area contributed by atoms with E-state index in [4.69, 9.17) is 15.9 Å². The van der Waals surface area contributed by atoms with Crippen molar-refractivity contribution in [2.24, 2.45) is 5.73 Å². The molecule has 4 N–H and O–H groups in total. The number of halogens is 3. The Labute approximate surface area is 176 Å². The quantitative estimate of drug-likeness (QED) is 0.418. The lowest BCUT2D eigenvalue weighted by Crippen LogP contribution is -2.38. The number of rotatable bonds is 5. The Kier molecular flexibility index (Phi) is 5.94. The van der Waals surface area contributed by atoms with Crippen LogP contribution >= 0.6 is 0 Å². The Balaban J connectivity index is 2.08. The number of hydrogen-bond donors (Lipinski definition) is 3. The van der Waals surface area contributed by atoms with Gasteiger partial charge < -0.3 is 20.4 Å². The minimum Gasteiger partial charge on any atom is -0.455 e. The lowest BCUT2D eigenvalue weighted by molar-refractivity contribution is -0.136. The number of aromatic nitrogens is 1. The zero-order chi connectivity index (χ0) is 22.9. The van der Waals surface area contributed by atoms with Crippen molar-refractivity contribution >= 4 is 22.8 Å². The summed E-state index contributed by atoms with van der Waals surface area (Å²) >= 11 is 0. The van der Waals surface area contributed by atoms with Crippen LogP contribution < -0.4 is 10.5 Å². The summed E-state index contributed by atoms with van der Waals surface area (Å²) < 4.78 is 46.5. The molecule has 1 aromatic heterocycles. The molecule has 0 radical (unpaired) electrons. The monoisotopic (exact) mass is 433 g/mol. The highest BCUT2D eigenvalue weighted by Gasteiger charge is 2.34.